The van der Waals surface area contributed by atoms with Crippen LogP contribution in [0.5, 0.6) is 5.75 Å². The van der Waals surface area contributed by atoms with Gasteiger partial charge in [-0.2, -0.15) is 12.6 Å². The maximum absolute atomic E-state index is 5.72. The molecule has 0 saturated heterocycles. The Morgan fingerprint density at radius 1 is 1.27 bits per heavy atom. The fourth-order valence-corrected chi connectivity index (χ4v) is 1.33. The Bertz CT molecular complexity index is 246. The van der Waals surface area contributed by atoms with Gasteiger partial charge in [-0.05, 0) is 25.0 Å². The van der Waals surface area contributed by atoms with E-state index in [2.05, 4.69) is 12.6 Å². The largest absolute Gasteiger partial charge is 0.494 e. The summed E-state index contributed by atoms with van der Waals surface area (Å²) in [4.78, 5) is 0. The summed E-state index contributed by atoms with van der Waals surface area (Å²) >= 11 is 4.12. The summed E-state index contributed by atoms with van der Waals surface area (Å²) in [6, 6.07) is 10.0. The van der Waals surface area contributed by atoms with Crippen LogP contribution in [-0.2, 0) is 0 Å². The van der Waals surface area contributed by atoms with Crippen molar-refractivity contribution in [2.45, 2.75) is 18.9 Å². The summed E-state index contributed by atoms with van der Waals surface area (Å²) in [5.41, 5.74) is 5.72. The van der Waals surface area contributed by atoms with Crippen molar-refractivity contribution in [1.82, 2.24) is 0 Å². The van der Waals surface area contributed by atoms with Gasteiger partial charge >= 0.3 is 0 Å². The predicted molar refractivity (Wildman–Crippen MR) is 70.2 cm³/mol. The molecule has 0 amide bonds. The van der Waals surface area contributed by atoms with Gasteiger partial charge in [-0.15, -0.1) is 12.4 Å². The molecule has 1 unspecified atom stereocenters. The van der Waals surface area contributed by atoms with Crippen LogP contribution in [0.15, 0.2) is 30.3 Å². The van der Waals surface area contributed by atoms with Gasteiger partial charge < -0.3 is 10.5 Å². The summed E-state index contributed by atoms with van der Waals surface area (Å²) in [5.74, 6) is 1.66. The lowest BCUT2D eigenvalue weighted by Gasteiger charge is -2.08. The van der Waals surface area contributed by atoms with Gasteiger partial charge in [0.15, 0.2) is 0 Å². The van der Waals surface area contributed by atoms with Gasteiger partial charge in [0.25, 0.3) is 0 Å². The monoisotopic (exact) mass is 247 g/mol. The lowest BCUT2D eigenvalue weighted by molar-refractivity contribution is 0.303. The lowest BCUT2D eigenvalue weighted by Crippen LogP contribution is -2.22. The van der Waals surface area contributed by atoms with Gasteiger partial charge in [-0.3, -0.25) is 0 Å². The van der Waals surface area contributed by atoms with E-state index in [0.717, 1.165) is 31.0 Å². The number of nitrogens with two attached hydrogens (primary N) is 1. The zero-order chi connectivity index (χ0) is 10.2. The van der Waals surface area contributed by atoms with Gasteiger partial charge in [0.2, 0.25) is 0 Å². The Balaban J connectivity index is 0.00000196. The number of hydrogen-bond donors (Lipinski definition) is 2. The van der Waals surface area contributed by atoms with E-state index >= 15 is 0 Å². The first kappa shape index (κ1) is 14.6. The Morgan fingerprint density at radius 2 is 1.93 bits per heavy atom. The highest BCUT2D eigenvalue weighted by Crippen LogP contribution is 2.09. The van der Waals surface area contributed by atoms with E-state index in [1.807, 2.05) is 30.3 Å². The number of ether oxygens (including phenoxy) is 1. The quantitative estimate of drug-likeness (QED) is 0.599. The minimum Gasteiger partial charge on any atom is -0.494 e. The van der Waals surface area contributed by atoms with Crippen molar-refractivity contribution in [1.29, 1.82) is 0 Å². The van der Waals surface area contributed by atoms with Crippen molar-refractivity contribution in [2.75, 3.05) is 12.4 Å². The third-order valence-electron chi connectivity index (χ3n) is 1.97. The van der Waals surface area contributed by atoms with Crippen LogP contribution in [0.25, 0.3) is 0 Å². The van der Waals surface area contributed by atoms with E-state index < -0.39 is 0 Å². The summed E-state index contributed by atoms with van der Waals surface area (Å²) in [6.45, 7) is 0.728. The molecule has 0 fully saturated rings. The standard InChI is InChI=1S/C11H17NOS.ClH/c12-10(9-14)5-4-8-13-11-6-2-1-3-7-11;/h1-3,6-7,10,14H,4-5,8-9,12H2;1H. The topological polar surface area (TPSA) is 35.2 Å². The van der Waals surface area contributed by atoms with E-state index in [1.54, 1.807) is 0 Å². The molecule has 0 aliphatic rings. The summed E-state index contributed by atoms with van der Waals surface area (Å²) < 4.78 is 5.52. The van der Waals surface area contributed by atoms with Crippen molar-refractivity contribution in [3.63, 3.8) is 0 Å². The number of halogens is 1. The zero-order valence-electron chi connectivity index (χ0n) is 8.63. The van der Waals surface area contributed by atoms with Crippen LogP contribution in [-0.4, -0.2) is 18.4 Å². The number of benzene rings is 1. The van der Waals surface area contributed by atoms with Crippen molar-refractivity contribution in [3.05, 3.63) is 30.3 Å². The third kappa shape index (κ3) is 6.66. The van der Waals surface area contributed by atoms with Crippen LogP contribution >= 0.6 is 25.0 Å². The fraction of sp³-hybridized carbons (Fsp3) is 0.455. The number of para-hydroxylation sites is 1. The molecule has 0 saturated carbocycles. The Kier molecular flexibility index (Phi) is 8.67. The zero-order valence-corrected chi connectivity index (χ0v) is 10.3. The van der Waals surface area contributed by atoms with Crippen LogP contribution in [0.2, 0.25) is 0 Å². The molecule has 1 aromatic rings. The maximum Gasteiger partial charge on any atom is 0.119 e. The normalized spacial score (nSPS) is 11.6. The Hall–Kier alpha value is -0.380. The first-order chi connectivity index (χ1) is 6.83. The molecule has 4 heteroatoms. The summed E-state index contributed by atoms with van der Waals surface area (Å²) in [6.07, 6.45) is 1.95. The van der Waals surface area contributed by atoms with Crippen molar-refractivity contribution >= 4 is 25.0 Å². The van der Waals surface area contributed by atoms with E-state index in [9.17, 15) is 0 Å². The lowest BCUT2D eigenvalue weighted by atomic mass is 10.2. The molecule has 0 aliphatic heterocycles. The van der Waals surface area contributed by atoms with Crippen LogP contribution < -0.4 is 10.5 Å². The van der Waals surface area contributed by atoms with E-state index in [-0.39, 0.29) is 18.4 Å². The second-order valence-corrected chi connectivity index (χ2v) is 3.61. The molecule has 0 aliphatic carbocycles. The Labute approximate surface area is 103 Å². The molecule has 1 rings (SSSR count). The number of rotatable bonds is 6. The first-order valence-corrected chi connectivity index (χ1v) is 5.50. The minimum atomic E-state index is 0. The van der Waals surface area contributed by atoms with E-state index in [4.69, 9.17) is 10.5 Å². The molecule has 0 bridgehead atoms. The average molecular weight is 248 g/mol. The van der Waals surface area contributed by atoms with Gasteiger partial charge in [0, 0.05) is 11.8 Å². The average Bonchev–Trinajstić information content (AvgIpc) is 2.25. The first-order valence-electron chi connectivity index (χ1n) is 4.87. The predicted octanol–water partition coefficient (Wildman–Crippen LogP) is 2.52. The second-order valence-electron chi connectivity index (χ2n) is 3.25. The summed E-state index contributed by atoms with van der Waals surface area (Å²) in [7, 11) is 0. The third-order valence-corrected chi connectivity index (χ3v) is 2.43. The molecule has 1 atom stereocenters. The SMILES string of the molecule is Cl.NC(CS)CCCOc1ccccc1. The smallest absolute Gasteiger partial charge is 0.119 e. The van der Waals surface area contributed by atoms with Crippen LogP contribution in [0.3, 0.4) is 0 Å². The van der Waals surface area contributed by atoms with Gasteiger partial charge in [0.1, 0.15) is 5.75 Å². The molecule has 2 N–H and O–H groups in total. The van der Waals surface area contributed by atoms with Crippen molar-refractivity contribution < 1.29 is 4.74 Å². The highest BCUT2D eigenvalue weighted by atomic mass is 35.5. The number of thiol groups is 1. The molecule has 0 heterocycles. The van der Waals surface area contributed by atoms with Gasteiger partial charge in [-0.1, -0.05) is 18.2 Å². The maximum atomic E-state index is 5.72. The molecule has 1 aromatic carbocycles. The molecule has 15 heavy (non-hydrogen) atoms. The molecule has 0 radical (unpaired) electrons. The van der Waals surface area contributed by atoms with Crippen molar-refractivity contribution in [3.8, 4) is 5.75 Å². The van der Waals surface area contributed by atoms with Crippen LogP contribution in [0.4, 0.5) is 0 Å². The summed E-state index contributed by atoms with van der Waals surface area (Å²) in [5, 5.41) is 0. The molecule has 86 valence electrons. The van der Waals surface area contributed by atoms with Gasteiger partial charge in [-0.25, -0.2) is 0 Å². The molecule has 0 aromatic heterocycles. The van der Waals surface area contributed by atoms with E-state index in [1.165, 1.54) is 0 Å². The van der Waals surface area contributed by atoms with E-state index in [0.29, 0.717) is 0 Å². The fourth-order valence-electron chi connectivity index (χ4n) is 1.14. The van der Waals surface area contributed by atoms with Gasteiger partial charge in [0.05, 0.1) is 6.61 Å². The second kappa shape index (κ2) is 8.89. The highest BCUT2D eigenvalue weighted by Gasteiger charge is 1.99. The number of hydrogen-bond acceptors (Lipinski definition) is 3. The molecular weight excluding hydrogens is 230 g/mol. The molecule has 2 nitrogen and oxygen atoms in total. The molecule has 0 spiro atoms. The molecular formula is C11H18ClNOS. The van der Waals surface area contributed by atoms with Crippen LogP contribution in [0, 0.1) is 0 Å². The highest BCUT2D eigenvalue weighted by molar-refractivity contribution is 7.80. The van der Waals surface area contributed by atoms with Crippen molar-refractivity contribution in [2.24, 2.45) is 5.73 Å². The minimum absolute atomic E-state index is 0. The van der Waals surface area contributed by atoms with Crippen LogP contribution in [0.1, 0.15) is 12.8 Å². The Morgan fingerprint density at radius 3 is 2.53 bits per heavy atom.